The number of carbonyl (C=O) groups excluding carboxylic acids is 1. The standard InChI is InChI=1S/C16H24N2O3/c1-20-15-5-3-2-4-14(15)18-12-6-8-13(9-7-12)21-11-10-16(17)19/h6-9,14-15,18H,2-5,10-11H2,1H3,(H2,17,19). The van der Waals surface area contributed by atoms with Gasteiger partial charge in [0.15, 0.2) is 0 Å². The number of nitrogens with two attached hydrogens (primary N) is 1. The van der Waals surface area contributed by atoms with Gasteiger partial charge in [0, 0.05) is 12.8 Å². The van der Waals surface area contributed by atoms with Gasteiger partial charge >= 0.3 is 0 Å². The van der Waals surface area contributed by atoms with Gasteiger partial charge in [-0.3, -0.25) is 4.79 Å². The average Bonchev–Trinajstić information content (AvgIpc) is 2.49. The molecule has 3 N–H and O–H groups in total. The summed E-state index contributed by atoms with van der Waals surface area (Å²) in [5, 5.41) is 3.53. The van der Waals surface area contributed by atoms with Crippen LogP contribution in [0.2, 0.25) is 0 Å². The number of primary amides is 1. The van der Waals surface area contributed by atoms with Crippen LogP contribution in [0.5, 0.6) is 5.75 Å². The second kappa shape index (κ2) is 7.88. The second-order valence-corrected chi connectivity index (χ2v) is 5.40. The van der Waals surface area contributed by atoms with Crippen LogP contribution in [0.15, 0.2) is 24.3 Å². The van der Waals surface area contributed by atoms with Crippen LogP contribution in [-0.4, -0.2) is 31.8 Å². The van der Waals surface area contributed by atoms with Crippen LogP contribution in [0.25, 0.3) is 0 Å². The molecule has 1 aromatic rings. The molecule has 0 aliphatic heterocycles. The Hall–Kier alpha value is -1.75. The number of anilines is 1. The number of ether oxygens (including phenoxy) is 2. The lowest BCUT2D eigenvalue weighted by molar-refractivity contribution is -0.118. The third kappa shape index (κ3) is 4.93. The van der Waals surface area contributed by atoms with Crippen molar-refractivity contribution >= 4 is 11.6 Å². The van der Waals surface area contributed by atoms with E-state index < -0.39 is 0 Å². The molecule has 0 radical (unpaired) electrons. The highest BCUT2D eigenvalue weighted by Crippen LogP contribution is 2.25. The average molecular weight is 292 g/mol. The summed E-state index contributed by atoms with van der Waals surface area (Å²) in [6.07, 6.45) is 5.25. The van der Waals surface area contributed by atoms with E-state index in [0.717, 1.165) is 24.3 Å². The molecule has 0 heterocycles. The highest BCUT2D eigenvalue weighted by molar-refractivity contribution is 5.73. The number of carbonyl (C=O) groups is 1. The van der Waals surface area contributed by atoms with Gasteiger partial charge in [-0.2, -0.15) is 0 Å². The first kappa shape index (κ1) is 15.6. The summed E-state index contributed by atoms with van der Waals surface area (Å²) in [5.74, 6) is 0.393. The van der Waals surface area contributed by atoms with E-state index in [-0.39, 0.29) is 18.4 Å². The normalized spacial score (nSPS) is 21.8. The van der Waals surface area contributed by atoms with Crippen molar-refractivity contribution in [1.29, 1.82) is 0 Å². The lowest BCUT2D eigenvalue weighted by atomic mass is 9.92. The number of benzene rings is 1. The number of amides is 1. The van der Waals surface area contributed by atoms with Crippen LogP contribution in [0.1, 0.15) is 32.1 Å². The van der Waals surface area contributed by atoms with Crippen LogP contribution in [0.3, 0.4) is 0 Å². The minimum atomic E-state index is -0.351. The molecule has 0 bridgehead atoms. The van der Waals surface area contributed by atoms with Gasteiger partial charge in [-0.25, -0.2) is 0 Å². The number of rotatable bonds is 7. The predicted octanol–water partition coefficient (Wildman–Crippen LogP) is 2.31. The zero-order valence-electron chi connectivity index (χ0n) is 12.5. The van der Waals surface area contributed by atoms with Crippen LogP contribution in [-0.2, 0) is 9.53 Å². The summed E-state index contributed by atoms with van der Waals surface area (Å²) in [6.45, 7) is 0.316. The van der Waals surface area contributed by atoms with Crippen molar-refractivity contribution < 1.29 is 14.3 Å². The lowest BCUT2D eigenvalue weighted by Gasteiger charge is -2.31. The molecule has 1 fully saturated rings. The molecule has 0 saturated heterocycles. The van der Waals surface area contributed by atoms with E-state index in [1.807, 2.05) is 24.3 Å². The maximum absolute atomic E-state index is 10.6. The third-order valence-corrected chi connectivity index (χ3v) is 3.83. The summed E-state index contributed by atoms with van der Waals surface area (Å²) in [5.41, 5.74) is 6.13. The Kier molecular flexibility index (Phi) is 5.87. The van der Waals surface area contributed by atoms with Crippen molar-refractivity contribution in [3.05, 3.63) is 24.3 Å². The quantitative estimate of drug-likeness (QED) is 0.809. The molecule has 1 aliphatic carbocycles. The zero-order valence-corrected chi connectivity index (χ0v) is 12.5. The van der Waals surface area contributed by atoms with Gasteiger partial charge in [0.25, 0.3) is 0 Å². The molecular weight excluding hydrogens is 268 g/mol. The smallest absolute Gasteiger partial charge is 0.220 e. The molecule has 5 nitrogen and oxygen atoms in total. The molecule has 1 amide bonds. The lowest BCUT2D eigenvalue weighted by Crippen LogP contribution is -2.37. The van der Waals surface area contributed by atoms with Crippen molar-refractivity contribution in [1.82, 2.24) is 0 Å². The summed E-state index contributed by atoms with van der Waals surface area (Å²) < 4.78 is 11.0. The van der Waals surface area contributed by atoms with Crippen LogP contribution in [0, 0.1) is 0 Å². The van der Waals surface area contributed by atoms with E-state index in [4.69, 9.17) is 15.2 Å². The number of nitrogens with one attached hydrogen (secondary N) is 1. The third-order valence-electron chi connectivity index (χ3n) is 3.83. The van der Waals surface area contributed by atoms with Crippen LogP contribution < -0.4 is 15.8 Å². The van der Waals surface area contributed by atoms with Gasteiger partial charge in [0.05, 0.1) is 25.2 Å². The summed E-state index contributed by atoms with van der Waals surface area (Å²) in [4.78, 5) is 10.6. The Balaban J connectivity index is 1.85. The van der Waals surface area contributed by atoms with E-state index >= 15 is 0 Å². The fourth-order valence-electron chi connectivity index (χ4n) is 2.68. The second-order valence-electron chi connectivity index (χ2n) is 5.40. The largest absolute Gasteiger partial charge is 0.493 e. The first-order valence-electron chi connectivity index (χ1n) is 7.49. The van der Waals surface area contributed by atoms with Crippen LogP contribution >= 0.6 is 0 Å². The molecule has 2 rings (SSSR count). The number of methoxy groups -OCH3 is 1. The fraction of sp³-hybridized carbons (Fsp3) is 0.562. The van der Waals surface area contributed by atoms with E-state index in [1.54, 1.807) is 7.11 Å². The minimum absolute atomic E-state index is 0.234. The molecule has 0 aromatic heterocycles. The maximum Gasteiger partial charge on any atom is 0.220 e. The minimum Gasteiger partial charge on any atom is -0.493 e. The highest BCUT2D eigenvalue weighted by Gasteiger charge is 2.24. The van der Waals surface area contributed by atoms with Crippen molar-refractivity contribution in [2.75, 3.05) is 19.0 Å². The fourth-order valence-corrected chi connectivity index (χ4v) is 2.68. The van der Waals surface area contributed by atoms with E-state index in [1.165, 1.54) is 12.8 Å². The topological polar surface area (TPSA) is 73.6 Å². The molecule has 2 atom stereocenters. The molecular formula is C16H24N2O3. The Labute approximate surface area is 125 Å². The number of hydrogen-bond donors (Lipinski definition) is 2. The number of hydrogen-bond acceptors (Lipinski definition) is 4. The Morgan fingerprint density at radius 3 is 2.67 bits per heavy atom. The molecule has 116 valence electrons. The Morgan fingerprint density at radius 1 is 1.29 bits per heavy atom. The van der Waals surface area contributed by atoms with Crippen molar-refractivity contribution in [3.63, 3.8) is 0 Å². The molecule has 1 aliphatic rings. The Morgan fingerprint density at radius 2 is 2.00 bits per heavy atom. The van der Waals surface area contributed by atoms with Crippen molar-refractivity contribution in [2.45, 2.75) is 44.2 Å². The first-order valence-corrected chi connectivity index (χ1v) is 7.49. The molecule has 2 unspecified atom stereocenters. The molecule has 1 aromatic carbocycles. The molecule has 21 heavy (non-hydrogen) atoms. The predicted molar refractivity (Wildman–Crippen MR) is 82.4 cm³/mol. The molecule has 5 heteroatoms. The van der Waals surface area contributed by atoms with E-state index in [0.29, 0.717) is 12.6 Å². The van der Waals surface area contributed by atoms with Gasteiger partial charge in [0.2, 0.25) is 5.91 Å². The maximum atomic E-state index is 10.6. The van der Waals surface area contributed by atoms with Crippen molar-refractivity contribution in [2.24, 2.45) is 5.73 Å². The monoisotopic (exact) mass is 292 g/mol. The van der Waals surface area contributed by atoms with Gasteiger partial charge in [-0.15, -0.1) is 0 Å². The van der Waals surface area contributed by atoms with E-state index in [2.05, 4.69) is 5.32 Å². The van der Waals surface area contributed by atoms with E-state index in [9.17, 15) is 4.79 Å². The highest BCUT2D eigenvalue weighted by atomic mass is 16.5. The molecule has 0 spiro atoms. The van der Waals surface area contributed by atoms with Gasteiger partial charge in [0.1, 0.15) is 5.75 Å². The van der Waals surface area contributed by atoms with Crippen LogP contribution in [0.4, 0.5) is 5.69 Å². The van der Waals surface area contributed by atoms with Gasteiger partial charge in [-0.1, -0.05) is 12.8 Å². The summed E-state index contributed by atoms with van der Waals surface area (Å²) >= 11 is 0. The van der Waals surface area contributed by atoms with Crippen molar-refractivity contribution in [3.8, 4) is 5.75 Å². The summed E-state index contributed by atoms with van der Waals surface area (Å²) in [6, 6.07) is 8.13. The van der Waals surface area contributed by atoms with Gasteiger partial charge < -0.3 is 20.5 Å². The zero-order chi connectivity index (χ0) is 15.1. The SMILES string of the molecule is COC1CCCCC1Nc1ccc(OCCC(N)=O)cc1. The summed E-state index contributed by atoms with van der Waals surface area (Å²) in [7, 11) is 1.78. The first-order chi connectivity index (χ1) is 10.2. The van der Waals surface area contributed by atoms with Gasteiger partial charge in [-0.05, 0) is 37.1 Å². The molecule has 1 saturated carbocycles. The Bertz CT molecular complexity index is 447.